The van der Waals surface area contributed by atoms with Gasteiger partial charge >= 0.3 is 0 Å². The molecule has 0 unspecified atom stereocenters. The van der Waals surface area contributed by atoms with Crippen molar-refractivity contribution < 1.29 is 19.0 Å². The number of aryl methyl sites for hydroxylation is 1. The number of hydrogen-bond acceptors (Lipinski definition) is 4. The molecule has 1 aromatic heterocycles. The number of allylic oxidation sites excluding steroid dienone is 1. The molecule has 2 aromatic carbocycles. The van der Waals surface area contributed by atoms with Gasteiger partial charge in [-0.1, -0.05) is 6.08 Å². The largest absolute Gasteiger partial charge is 0.494 e. The van der Waals surface area contributed by atoms with Crippen LogP contribution in [0, 0.1) is 5.92 Å². The zero-order valence-corrected chi connectivity index (χ0v) is 19.1. The van der Waals surface area contributed by atoms with Crippen molar-refractivity contribution >= 4 is 23.3 Å². The van der Waals surface area contributed by atoms with Crippen LogP contribution in [0.15, 0.2) is 42.5 Å². The lowest BCUT2D eigenvalue weighted by Gasteiger charge is -2.11. The van der Waals surface area contributed by atoms with E-state index in [1.807, 2.05) is 19.1 Å². The maximum Gasteiger partial charge on any atom is 0.162 e. The fourth-order valence-electron chi connectivity index (χ4n) is 4.11. The summed E-state index contributed by atoms with van der Waals surface area (Å²) in [5.74, 6) is 3.02. The van der Waals surface area contributed by atoms with E-state index in [-0.39, 0.29) is 0 Å². The Labute approximate surface area is 189 Å². The number of benzene rings is 2. The molecule has 1 heterocycles. The Morgan fingerprint density at radius 2 is 1.81 bits per heavy atom. The second-order valence-corrected chi connectivity index (χ2v) is 8.29. The first kappa shape index (κ1) is 22.0. The topological polar surface area (TPSA) is 49.7 Å². The molecule has 0 radical (unpaired) electrons. The monoisotopic (exact) mass is 433 g/mol. The third-order valence-corrected chi connectivity index (χ3v) is 5.90. The molecular weight excluding hydrogens is 402 g/mol. The molecule has 5 nitrogen and oxygen atoms in total. The van der Waals surface area contributed by atoms with Gasteiger partial charge in [0.15, 0.2) is 11.5 Å². The van der Waals surface area contributed by atoms with E-state index in [0.717, 1.165) is 59.8 Å². The van der Waals surface area contributed by atoms with E-state index in [4.69, 9.17) is 14.2 Å². The van der Waals surface area contributed by atoms with Crippen LogP contribution in [0.25, 0.3) is 17.0 Å². The fourth-order valence-corrected chi connectivity index (χ4v) is 4.11. The average Bonchev–Trinajstić information content (AvgIpc) is 3.57. The van der Waals surface area contributed by atoms with Crippen molar-refractivity contribution in [3.05, 3.63) is 59.3 Å². The Morgan fingerprint density at radius 1 is 1.03 bits per heavy atom. The van der Waals surface area contributed by atoms with E-state index in [1.54, 1.807) is 20.3 Å². The molecule has 0 N–H and O–H groups in total. The number of rotatable bonds is 11. The van der Waals surface area contributed by atoms with Gasteiger partial charge in [0, 0.05) is 29.3 Å². The second kappa shape index (κ2) is 9.94. The van der Waals surface area contributed by atoms with E-state index in [9.17, 15) is 4.79 Å². The Balaban J connectivity index is 1.55. The molecule has 0 atom stereocenters. The lowest BCUT2D eigenvalue weighted by molar-refractivity contribution is 0.112. The maximum absolute atomic E-state index is 11.2. The Morgan fingerprint density at radius 3 is 2.50 bits per heavy atom. The van der Waals surface area contributed by atoms with Gasteiger partial charge in [-0.25, -0.2) is 0 Å². The van der Waals surface area contributed by atoms with E-state index in [0.29, 0.717) is 12.2 Å². The molecule has 1 aliphatic carbocycles. The van der Waals surface area contributed by atoms with Crippen molar-refractivity contribution in [1.29, 1.82) is 0 Å². The number of carbonyl (C=O) groups is 1. The summed E-state index contributed by atoms with van der Waals surface area (Å²) in [5, 5.41) is 1.16. The van der Waals surface area contributed by atoms with Gasteiger partial charge in [-0.05, 0) is 80.5 Å². The van der Waals surface area contributed by atoms with Gasteiger partial charge in [-0.15, -0.1) is 0 Å². The summed E-state index contributed by atoms with van der Waals surface area (Å²) < 4.78 is 19.0. The number of aromatic nitrogens is 1. The minimum absolute atomic E-state index is 0.586. The van der Waals surface area contributed by atoms with Crippen molar-refractivity contribution in [3.8, 4) is 17.2 Å². The molecule has 0 spiro atoms. The highest BCUT2D eigenvalue weighted by Crippen LogP contribution is 2.37. The standard InChI is InChI=1S/C27H31NO4/c1-4-32-24-12-20(11-21(13-24)18-29)7-5-6-8-23-14-22-15-26(30-2)27(31-3)16-25(22)28(23)17-19-9-10-19/h6,8,11-16,18-19H,4-5,7,9-10,17H2,1-3H3/b8-6+. The van der Waals surface area contributed by atoms with Crippen LogP contribution >= 0.6 is 0 Å². The zero-order chi connectivity index (χ0) is 22.5. The van der Waals surface area contributed by atoms with Crippen LogP contribution in [0.4, 0.5) is 0 Å². The Kier molecular flexibility index (Phi) is 6.84. The van der Waals surface area contributed by atoms with Crippen molar-refractivity contribution in [2.45, 2.75) is 39.2 Å². The van der Waals surface area contributed by atoms with Crippen LogP contribution in [-0.2, 0) is 13.0 Å². The highest BCUT2D eigenvalue weighted by Gasteiger charge is 2.24. The lowest BCUT2D eigenvalue weighted by atomic mass is 10.1. The molecule has 0 saturated heterocycles. The van der Waals surface area contributed by atoms with Gasteiger partial charge < -0.3 is 18.8 Å². The molecule has 1 aliphatic rings. The molecule has 168 valence electrons. The van der Waals surface area contributed by atoms with E-state index < -0.39 is 0 Å². The summed E-state index contributed by atoms with van der Waals surface area (Å²) >= 11 is 0. The van der Waals surface area contributed by atoms with Crippen molar-refractivity contribution in [1.82, 2.24) is 4.57 Å². The number of methoxy groups -OCH3 is 2. The highest BCUT2D eigenvalue weighted by molar-refractivity contribution is 5.87. The van der Waals surface area contributed by atoms with Crippen LogP contribution in [-0.4, -0.2) is 31.7 Å². The lowest BCUT2D eigenvalue weighted by Crippen LogP contribution is -2.02. The highest BCUT2D eigenvalue weighted by atomic mass is 16.5. The van der Waals surface area contributed by atoms with Crippen LogP contribution in [0.1, 0.15) is 47.8 Å². The smallest absolute Gasteiger partial charge is 0.162 e. The normalized spacial score (nSPS) is 13.6. The van der Waals surface area contributed by atoms with Gasteiger partial charge in [0.05, 0.1) is 26.3 Å². The Bertz CT molecular complexity index is 1120. The molecule has 0 bridgehead atoms. The molecule has 1 fully saturated rings. The summed E-state index contributed by atoms with van der Waals surface area (Å²) in [6.45, 7) is 3.56. The summed E-state index contributed by atoms with van der Waals surface area (Å²) in [4.78, 5) is 11.2. The number of nitrogens with zero attached hydrogens (tertiary/aromatic N) is 1. The number of hydrogen-bond donors (Lipinski definition) is 0. The van der Waals surface area contributed by atoms with Gasteiger partial charge in [-0.2, -0.15) is 0 Å². The molecule has 0 amide bonds. The van der Waals surface area contributed by atoms with Crippen molar-refractivity contribution in [2.75, 3.05) is 20.8 Å². The number of fused-ring (bicyclic) bond motifs is 1. The Hall–Kier alpha value is -3.21. The van der Waals surface area contributed by atoms with Gasteiger partial charge in [0.1, 0.15) is 12.0 Å². The average molecular weight is 434 g/mol. The molecule has 3 aromatic rings. The third-order valence-electron chi connectivity index (χ3n) is 5.90. The van der Waals surface area contributed by atoms with E-state index in [1.165, 1.54) is 24.1 Å². The van der Waals surface area contributed by atoms with E-state index >= 15 is 0 Å². The summed E-state index contributed by atoms with van der Waals surface area (Å²) in [5.41, 5.74) is 4.13. The minimum atomic E-state index is 0.586. The van der Waals surface area contributed by atoms with Crippen LogP contribution < -0.4 is 14.2 Å². The molecular formula is C27H31NO4. The fraction of sp³-hybridized carbons (Fsp3) is 0.370. The molecule has 4 rings (SSSR count). The van der Waals surface area contributed by atoms with Crippen LogP contribution in [0.2, 0.25) is 0 Å². The summed E-state index contributed by atoms with van der Waals surface area (Å²) in [6.07, 6.45) is 9.61. The zero-order valence-electron chi connectivity index (χ0n) is 19.1. The predicted molar refractivity (Wildman–Crippen MR) is 128 cm³/mol. The molecule has 32 heavy (non-hydrogen) atoms. The first-order valence-electron chi connectivity index (χ1n) is 11.3. The quantitative estimate of drug-likeness (QED) is 0.352. The van der Waals surface area contributed by atoms with Gasteiger partial charge in [0.2, 0.25) is 0 Å². The molecule has 0 aliphatic heterocycles. The minimum Gasteiger partial charge on any atom is -0.494 e. The van der Waals surface area contributed by atoms with Crippen LogP contribution in [0.5, 0.6) is 17.2 Å². The number of aldehydes is 1. The molecule has 1 saturated carbocycles. The van der Waals surface area contributed by atoms with Gasteiger partial charge in [-0.3, -0.25) is 4.79 Å². The van der Waals surface area contributed by atoms with E-state index in [2.05, 4.69) is 34.9 Å². The van der Waals surface area contributed by atoms with Crippen molar-refractivity contribution in [3.63, 3.8) is 0 Å². The first-order valence-corrected chi connectivity index (χ1v) is 11.3. The SMILES string of the molecule is CCOc1cc(C=O)cc(CC/C=C/c2cc3cc(OC)c(OC)cc3n2CC2CC2)c1. The number of ether oxygens (including phenoxy) is 3. The predicted octanol–water partition coefficient (Wildman–Crippen LogP) is 5.93. The van der Waals surface area contributed by atoms with Crippen LogP contribution in [0.3, 0.4) is 0 Å². The van der Waals surface area contributed by atoms with Gasteiger partial charge in [0.25, 0.3) is 0 Å². The maximum atomic E-state index is 11.2. The first-order chi connectivity index (χ1) is 15.6. The number of carbonyl (C=O) groups excluding carboxylic acids is 1. The summed E-state index contributed by atoms with van der Waals surface area (Å²) in [7, 11) is 3.34. The summed E-state index contributed by atoms with van der Waals surface area (Å²) in [6, 6.07) is 12.1. The third kappa shape index (κ3) is 4.98. The molecule has 5 heteroatoms. The van der Waals surface area contributed by atoms with Crippen molar-refractivity contribution in [2.24, 2.45) is 5.92 Å². The second-order valence-electron chi connectivity index (χ2n) is 8.29.